The smallest absolute Gasteiger partial charge is 0.168 e. The summed E-state index contributed by atoms with van der Waals surface area (Å²) in [4.78, 5) is 15.3. The zero-order valence-electron chi connectivity index (χ0n) is 12.7. The highest BCUT2D eigenvalue weighted by molar-refractivity contribution is 5.78. The maximum Gasteiger partial charge on any atom is 0.168 e. The minimum absolute atomic E-state index is 0.319. The highest BCUT2D eigenvalue weighted by atomic mass is 16.1. The van der Waals surface area contributed by atoms with Gasteiger partial charge >= 0.3 is 0 Å². The molecule has 5 heteroatoms. The largest absolute Gasteiger partial charge is 0.373 e. The molecule has 0 saturated heterocycles. The zero-order chi connectivity index (χ0) is 15.0. The molecule has 2 aromatic heterocycles. The van der Waals surface area contributed by atoms with Crippen LogP contribution in [0.2, 0.25) is 0 Å². The fraction of sp³-hybridized carbons (Fsp3) is 0.438. The van der Waals surface area contributed by atoms with E-state index in [0.717, 1.165) is 36.8 Å². The van der Waals surface area contributed by atoms with Crippen molar-refractivity contribution in [2.75, 3.05) is 12.4 Å². The molecule has 3 rings (SSSR count). The predicted molar refractivity (Wildman–Crippen MR) is 82.6 cm³/mol. The van der Waals surface area contributed by atoms with Crippen LogP contribution in [-0.2, 0) is 12.8 Å². The van der Waals surface area contributed by atoms with Crippen LogP contribution in [-0.4, -0.2) is 28.5 Å². The molecule has 21 heavy (non-hydrogen) atoms. The number of anilines is 1. The number of H-pyrrole nitrogens is 1. The second kappa shape index (κ2) is 4.98. The van der Waals surface area contributed by atoms with Crippen LogP contribution in [0.1, 0.15) is 42.0 Å². The Kier molecular flexibility index (Phi) is 3.27. The molecule has 0 fully saturated rings. The molecule has 1 aliphatic rings. The monoisotopic (exact) mass is 284 g/mol. The molecule has 0 radical (unpaired) electrons. The van der Waals surface area contributed by atoms with Crippen molar-refractivity contribution < 1.29 is 4.79 Å². The van der Waals surface area contributed by atoms with Crippen LogP contribution in [0.15, 0.2) is 12.1 Å². The Labute approximate surface area is 124 Å². The first-order chi connectivity index (χ1) is 10.0. The molecule has 0 amide bonds. The van der Waals surface area contributed by atoms with Gasteiger partial charge in [0.15, 0.2) is 6.29 Å². The van der Waals surface area contributed by atoms with Gasteiger partial charge in [-0.05, 0) is 36.8 Å². The molecule has 0 spiro atoms. The lowest BCUT2D eigenvalue weighted by atomic mass is 9.76. The van der Waals surface area contributed by atoms with E-state index in [0.29, 0.717) is 16.9 Å². The summed E-state index contributed by atoms with van der Waals surface area (Å²) in [5.74, 6) is 0.683. The number of aromatic nitrogens is 3. The minimum atomic E-state index is 0.319. The SMILES string of the molecule is CNc1cc(-c2n[nH]c3c2CCC(C)(C)C3)cc(C=O)n1. The molecule has 0 unspecified atom stereocenters. The highest BCUT2D eigenvalue weighted by Crippen LogP contribution is 2.38. The molecule has 0 atom stereocenters. The lowest BCUT2D eigenvalue weighted by Crippen LogP contribution is -2.21. The molecule has 1 aliphatic carbocycles. The molecule has 110 valence electrons. The van der Waals surface area contributed by atoms with Crippen LogP contribution in [0.5, 0.6) is 0 Å². The Hall–Kier alpha value is -2.17. The Morgan fingerprint density at radius 3 is 2.90 bits per heavy atom. The van der Waals surface area contributed by atoms with Gasteiger partial charge < -0.3 is 5.32 Å². The van der Waals surface area contributed by atoms with Gasteiger partial charge in [0, 0.05) is 23.9 Å². The van der Waals surface area contributed by atoms with Crippen molar-refractivity contribution in [2.45, 2.75) is 33.1 Å². The van der Waals surface area contributed by atoms with Crippen LogP contribution in [0, 0.1) is 5.41 Å². The van der Waals surface area contributed by atoms with Crippen molar-refractivity contribution in [3.63, 3.8) is 0 Å². The molecule has 5 nitrogen and oxygen atoms in total. The minimum Gasteiger partial charge on any atom is -0.373 e. The van der Waals surface area contributed by atoms with Crippen LogP contribution in [0.3, 0.4) is 0 Å². The summed E-state index contributed by atoms with van der Waals surface area (Å²) in [5.41, 5.74) is 5.12. The highest BCUT2D eigenvalue weighted by Gasteiger charge is 2.29. The third-order valence-electron chi connectivity index (χ3n) is 4.16. The van der Waals surface area contributed by atoms with Crippen molar-refractivity contribution >= 4 is 12.1 Å². The number of fused-ring (bicyclic) bond motifs is 1. The van der Waals surface area contributed by atoms with Gasteiger partial charge in [-0.25, -0.2) is 4.98 Å². The fourth-order valence-electron chi connectivity index (χ4n) is 2.96. The maximum atomic E-state index is 11.1. The van der Waals surface area contributed by atoms with E-state index in [1.54, 1.807) is 13.1 Å². The molecule has 2 heterocycles. The van der Waals surface area contributed by atoms with Gasteiger partial charge in [-0.15, -0.1) is 0 Å². The second-order valence-electron chi connectivity index (χ2n) is 6.40. The first-order valence-electron chi connectivity index (χ1n) is 7.24. The molecule has 0 aliphatic heterocycles. The van der Waals surface area contributed by atoms with Crippen LogP contribution >= 0.6 is 0 Å². The van der Waals surface area contributed by atoms with Crippen molar-refractivity contribution in [2.24, 2.45) is 5.41 Å². The molecule has 0 saturated carbocycles. The summed E-state index contributed by atoms with van der Waals surface area (Å²) in [7, 11) is 1.79. The molecule has 0 aromatic carbocycles. The first-order valence-corrected chi connectivity index (χ1v) is 7.24. The summed E-state index contributed by atoms with van der Waals surface area (Å²) in [6.45, 7) is 4.57. The first kappa shape index (κ1) is 13.8. The van der Waals surface area contributed by atoms with Crippen LogP contribution < -0.4 is 5.32 Å². The third-order valence-corrected chi connectivity index (χ3v) is 4.16. The Balaban J connectivity index is 2.06. The van der Waals surface area contributed by atoms with Gasteiger partial charge in [0.1, 0.15) is 11.5 Å². The van der Waals surface area contributed by atoms with E-state index in [2.05, 4.69) is 34.3 Å². The standard InChI is InChI=1S/C16H20N4O/c1-16(2)5-4-12-13(8-16)19-20-15(12)10-6-11(9-21)18-14(7-10)17-3/h6-7,9H,4-5,8H2,1-3H3,(H,17,18)(H,19,20). The molecular formula is C16H20N4O. The number of carbonyl (C=O) groups excluding carboxylic acids is 1. The van der Waals surface area contributed by atoms with E-state index in [4.69, 9.17) is 0 Å². The lowest BCUT2D eigenvalue weighted by molar-refractivity contribution is 0.111. The number of hydrogen-bond donors (Lipinski definition) is 2. The second-order valence-corrected chi connectivity index (χ2v) is 6.40. The quantitative estimate of drug-likeness (QED) is 0.850. The Bertz CT molecular complexity index is 688. The molecule has 0 bridgehead atoms. The summed E-state index contributed by atoms with van der Waals surface area (Å²) in [6, 6.07) is 3.73. The van der Waals surface area contributed by atoms with Crippen LogP contribution in [0.4, 0.5) is 5.82 Å². The van der Waals surface area contributed by atoms with Crippen molar-refractivity contribution in [3.05, 3.63) is 29.1 Å². The molecular weight excluding hydrogens is 264 g/mol. The number of hydrogen-bond acceptors (Lipinski definition) is 4. The number of nitrogens with one attached hydrogen (secondary N) is 2. The Morgan fingerprint density at radius 1 is 1.38 bits per heavy atom. The van der Waals surface area contributed by atoms with Gasteiger partial charge in [0.2, 0.25) is 0 Å². The van der Waals surface area contributed by atoms with E-state index in [-0.39, 0.29) is 0 Å². The van der Waals surface area contributed by atoms with Crippen molar-refractivity contribution in [3.8, 4) is 11.3 Å². The lowest BCUT2D eigenvalue weighted by Gasteiger charge is -2.29. The number of aldehydes is 1. The summed E-state index contributed by atoms with van der Waals surface area (Å²) in [5, 5.41) is 10.7. The molecule has 2 N–H and O–H groups in total. The van der Waals surface area contributed by atoms with Gasteiger partial charge in [0.05, 0.1) is 5.69 Å². The van der Waals surface area contributed by atoms with E-state index in [1.165, 1.54) is 11.3 Å². The van der Waals surface area contributed by atoms with Crippen LogP contribution in [0.25, 0.3) is 11.3 Å². The number of pyridine rings is 1. The van der Waals surface area contributed by atoms with Crippen molar-refractivity contribution in [1.82, 2.24) is 15.2 Å². The maximum absolute atomic E-state index is 11.1. The third kappa shape index (κ3) is 2.55. The average molecular weight is 284 g/mol. The summed E-state index contributed by atoms with van der Waals surface area (Å²) < 4.78 is 0. The van der Waals surface area contributed by atoms with Gasteiger partial charge in [-0.3, -0.25) is 9.89 Å². The summed E-state index contributed by atoms with van der Waals surface area (Å²) >= 11 is 0. The van der Waals surface area contributed by atoms with E-state index in [1.807, 2.05) is 6.07 Å². The van der Waals surface area contributed by atoms with Crippen molar-refractivity contribution in [1.29, 1.82) is 0 Å². The van der Waals surface area contributed by atoms with Gasteiger partial charge in [0.25, 0.3) is 0 Å². The van der Waals surface area contributed by atoms with E-state index in [9.17, 15) is 4.79 Å². The van der Waals surface area contributed by atoms with E-state index < -0.39 is 0 Å². The number of rotatable bonds is 3. The Morgan fingerprint density at radius 2 is 2.19 bits per heavy atom. The molecule has 2 aromatic rings. The number of nitrogens with zero attached hydrogens (tertiary/aromatic N) is 2. The topological polar surface area (TPSA) is 70.7 Å². The van der Waals surface area contributed by atoms with Gasteiger partial charge in [-0.2, -0.15) is 5.10 Å². The number of aromatic amines is 1. The average Bonchev–Trinajstić information content (AvgIpc) is 2.88. The van der Waals surface area contributed by atoms with Gasteiger partial charge in [-0.1, -0.05) is 13.8 Å². The van der Waals surface area contributed by atoms with E-state index >= 15 is 0 Å². The number of carbonyl (C=O) groups is 1. The predicted octanol–water partition coefficient (Wildman–Crippen LogP) is 2.84. The zero-order valence-corrected chi connectivity index (χ0v) is 12.7. The fourth-order valence-corrected chi connectivity index (χ4v) is 2.96. The summed E-state index contributed by atoms with van der Waals surface area (Å²) in [6.07, 6.45) is 3.95. The normalized spacial score (nSPS) is 16.3.